The van der Waals surface area contributed by atoms with Crippen LogP contribution in [0.4, 0.5) is 8.78 Å². The highest BCUT2D eigenvalue weighted by molar-refractivity contribution is 7.98. The lowest BCUT2D eigenvalue weighted by Crippen LogP contribution is -2.35. The van der Waals surface area contributed by atoms with E-state index in [1.165, 1.54) is 29.5 Å². The lowest BCUT2D eigenvalue weighted by molar-refractivity contribution is 0.241. The zero-order valence-corrected chi connectivity index (χ0v) is 15.9. The van der Waals surface area contributed by atoms with Crippen LogP contribution in [0.5, 0.6) is 0 Å². The zero-order valence-electron chi connectivity index (χ0n) is 15.1. The highest BCUT2D eigenvalue weighted by atomic mass is 32.2. The Labute approximate surface area is 165 Å². The maximum absolute atomic E-state index is 13.3. The van der Waals surface area contributed by atoms with Crippen molar-refractivity contribution in [2.24, 2.45) is 0 Å². The molecule has 7 heteroatoms. The van der Waals surface area contributed by atoms with Gasteiger partial charge in [0.2, 0.25) is 0 Å². The van der Waals surface area contributed by atoms with Crippen LogP contribution >= 0.6 is 11.8 Å². The van der Waals surface area contributed by atoms with Crippen molar-refractivity contribution in [1.29, 1.82) is 0 Å². The van der Waals surface area contributed by atoms with E-state index in [0.717, 1.165) is 24.8 Å². The number of fused-ring (bicyclic) bond motifs is 1. The van der Waals surface area contributed by atoms with E-state index in [1.807, 2.05) is 18.2 Å². The number of hydrogen-bond donors (Lipinski definition) is 1. The number of H-pyrrole nitrogens is 1. The fraction of sp³-hybridized carbons (Fsp3) is 0.238. The van der Waals surface area contributed by atoms with Crippen molar-refractivity contribution in [3.8, 4) is 0 Å². The maximum Gasteiger partial charge on any atom is 0.256 e. The van der Waals surface area contributed by atoms with Crippen LogP contribution in [0.2, 0.25) is 0 Å². The Hall–Kier alpha value is -2.51. The van der Waals surface area contributed by atoms with Crippen molar-refractivity contribution in [1.82, 2.24) is 14.9 Å². The number of aromatic amines is 1. The van der Waals surface area contributed by atoms with Gasteiger partial charge < -0.3 is 4.98 Å². The molecule has 3 aromatic rings. The van der Waals surface area contributed by atoms with Crippen LogP contribution in [0.25, 0.3) is 0 Å². The molecule has 0 fully saturated rings. The summed E-state index contributed by atoms with van der Waals surface area (Å²) < 4.78 is 26.6. The van der Waals surface area contributed by atoms with E-state index in [2.05, 4.69) is 27.0 Å². The first kappa shape index (κ1) is 18.8. The van der Waals surface area contributed by atoms with Gasteiger partial charge in [0.1, 0.15) is 11.6 Å². The maximum atomic E-state index is 13.3. The molecule has 0 saturated carbocycles. The van der Waals surface area contributed by atoms with Crippen molar-refractivity contribution < 1.29 is 8.78 Å². The molecular formula is C21H19F2N3OS. The van der Waals surface area contributed by atoms with Gasteiger partial charge in [0.25, 0.3) is 5.56 Å². The quantitative estimate of drug-likeness (QED) is 0.522. The van der Waals surface area contributed by atoms with E-state index >= 15 is 0 Å². The third-order valence-corrected chi connectivity index (χ3v) is 5.62. The minimum atomic E-state index is -0.610. The molecule has 2 aromatic carbocycles. The highest BCUT2D eigenvalue weighted by Crippen LogP contribution is 2.23. The Bertz CT molecular complexity index is 1020. The molecule has 28 heavy (non-hydrogen) atoms. The summed E-state index contributed by atoms with van der Waals surface area (Å²) in [5.74, 6) is -0.890. The van der Waals surface area contributed by atoms with Crippen LogP contribution in [0.1, 0.15) is 22.4 Å². The Morgan fingerprint density at radius 2 is 1.82 bits per heavy atom. The van der Waals surface area contributed by atoms with Gasteiger partial charge >= 0.3 is 0 Å². The number of nitrogens with zero attached hydrogens (tertiary/aromatic N) is 2. The molecule has 1 aliphatic heterocycles. The van der Waals surface area contributed by atoms with Crippen LogP contribution < -0.4 is 5.56 Å². The van der Waals surface area contributed by atoms with E-state index in [0.29, 0.717) is 35.0 Å². The summed E-state index contributed by atoms with van der Waals surface area (Å²) in [4.78, 5) is 22.1. The second kappa shape index (κ2) is 8.24. The molecule has 0 bridgehead atoms. The van der Waals surface area contributed by atoms with Gasteiger partial charge in [0.05, 0.1) is 11.3 Å². The fourth-order valence-corrected chi connectivity index (χ4v) is 4.16. The Balaban J connectivity index is 1.46. The summed E-state index contributed by atoms with van der Waals surface area (Å²) in [6.07, 6.45) is 0.703. The fourth-order valence-electron chi connectivity index (χ4n) is 3.35. The molecule has 0 spiro atoms. The molecule has 0 unspecified atom stereocenters. The number of benzene rings is 2. The van der Waals surface area contributed by atoms with Crippen LogP contribution in [-0.4, -0.2) is 21.4 Å². The summed E-state index contributed by atoms with van der Waals surface area (Å²) >= 11 is 1.27. The average Bonchev–Trinajstić information content (AvgIpc) is 2.67. The van der Waals surface area contributed by atoms with Gasteiger partial charge in [-0.05, 0) is 23.3 Å². The number of halogens is 2. The third-order valence-electron chi connectivity index (χ3n) is 4.67. The van der Waals surface area contributed by atoms with Crippen molar-refractivity contribution in [2.75, 3.05) is 6.54 Å². The molecule has 144 valence electrons. The van der Waals surface area contributed by atoms with Crippen molar-refractivity contribution in [2.45, 2.75) is 30.4 Å². The smallest absolute Gasteiger partial charge is 0.256 e. The second-order valence-electron chi connectivity index (χ2n) is 6.81. The van der Waals surface area contributed by atoms with E-state index in [-0.39, 0.29) is 5.56 Å². The molecule has 0 saturated heterocycles. The molecule has 4 rings (SSSR count). The molecule has 1 aromatic heterocycles. The monoisotopic (exact) mass is 399 g/mol. The van der Waals surface area contributed by atoms with E-state index in [1.54, 1.807) is 0 Å². The number of rotatable bonds is 5. The van der Waals surface area contributed by atoms with Gasteiger partial charge in [-0.25, -0.2) is 13.8 Å². The number of nitrogens with one attached hydrogen (secondary N) is 1. The van der Waals surface area contributed by atoms with Gasteiger partial charge in [-0.3, -0.25) is 9.69 Å². The zero-order chi connectivity index (χ0) is 19.5. The lowest BCUT2D eigenvalue weighted by atomic mass is 10.1. The molecule has 1 aliphatic rings. The first-order chi connectivity index (χ1) is 13.6. The minimum Gasteiger partial charge on any atom is -0.301 e. The van der Waals surface area contributed by atoms with Crippen molar-refractivity contribution in [3.63, 3.8) is 0 Å². The normalized spacial score (nSPS) is 14.1. The third kappa shape index (κ3) is 4.48. The lowest BCUT2D eigenvalue weighted by Gasteiger charge is -2.27. The SMILES string of the molecule is O=c1[nH]c(SCc2cc(F)cc(F)c2)nc2c1CN(Cc1ccccc1)CC2. The molecule has 1 N–H and O–H groups in total. The summed E-state index contributed by atoms with van der Waals surface area (Å²) in [7, 11) is 0. The summed E-state index contributed by atoms with van der Waals surface area (Å²) in [5.41, 5.74) is 3.08. The highest BCUT2D eigenvalue weighted by Gasteiger charge is 2.21. The number of aromatic nitrogens is 2. The van der Waals surface area contributed by atoms with Crippen LogP contribution in [0, 0.1) is 11.6 Å². The molecular weight excluding hydrogens is 380 g/mol. The topological polar surface area (TPSA) is 49.0 Å². The number of hydrogen-bond acceptors (Lipinski definition) is 4. The van der Waals surface area contributed by atoms with Gasteiger partial charge in [-0.15, -0.1) is 0 Å². The predicted octanol–water partition coefficient (Wildman–Crippen LogP) is 3.90. The summed E-state index contributed by atoms with van der Waals surface area (Å²) in [6.45, 7) is 2.19. The largest absolute Gasteiger partial charge is 0.301 e. The van der Waals surface area contributed by atoms with E-state index in [9.17, 15) is 13.6 Å². The van der Waals surface area contributed by atoms with Crippen LogP contribution in [0.3, 0.4) is 0 Å². The minimum absolute atomic E-state index is 0.143. The molecule has 0 aliphatic carbocycles. The summed E-state index contributed by atoms with van der Waals surface area (Å²) in [5, 5.41) is 0.477. The van der Waals surface area contributed by atoms with Crippen molar-refractivity contribution in [3.05, 3.63) is 92.9 Å². The van der Waals surface area contributed by atoms with Gasteiger partial charge in [-0.2, -0.15) is 0 Å². The van der Waals surface area contributed by atoms with Crippen LogP contribution in [-0.2, 0) is 25.3 Å². The number of thioether (sulfide) groups is 1. The summed E-state index contributed by atoms with van der Waals surface area (Å²) in [6, 6.07) is 13.6. The van der Waals surface area contributed by atoms with Gasteiger partial charge in [0.15, 0.2) is 5.16 Å². The Morgan fingerprint density at radius 3 is 2.57 bits per heavy atom. The Kier molecular flexibility index (Phi) is 5.54. The molecule has 0 atom stereocenters. The molecule has 0 radical (unpaired) electrons. The molecule has 4 nitrogen and oxygen atoms in total. The van der Waals surface area contributed by atoms with Crippen molar-refractivity contribution >= 4 is 11.8 Å². The second-order valence-corrected chi connectivity index (χ2v) is 7.77. The standard InChI is InChI=1S/C21H19F2N3OS/c22-16-8-15(9-17(23)10-16)13-28-21-24-19-6-7-26(12-18(19)20(27)25-21)11-14-4-2-1-3-5-14/h1-5,8-10H,6-7,11-13H2,(H,24,25,27). The first-order valence-electron chi connectivity index (χ1n) is 9.03. The van der Waals surface area contributed by atoms with E-state index in [4.69, 9.17) is 0 Å². The first-order valence-corrected chi connectivity index (χ1v) is 10.0. The van der Waals surface area contributed by atoms with Gasteiger partial charge in [-0.1, -0.05) is 42.1 Å². The van der Waals surface area contributed by atoms with E-state index < -0.39 is 11.6 Å². The predicted molar refractivity (Wildman–Crippen MR) is 105 cm³/mol. The van der Waals surface area contributed by atoms with Gasteiger partial charge in [0, 0.05) is 37.9 Å². The van der Waals surface area contributed by atoms with Crippen LogP contribution in [0.15, 0.2) is 58.5 Å². The molecule has 0 amide bonds. The molecule has 2 heterocycles. The average molecular weight is 399 g/mol. The Morgan fingerprint density at radius 1 is 1.07 bits per heavy atom.